The van der Waals surface area contributed by atoms with E-state index in [1.807, 2.05) is 12.1 Å². The second-order valence-corrected chi connectivity index (χ2v) is 7.97. The average Bonchev–Trinajstić information content (AvgIpc) is 3.14. The van der Waals surface area contributed by atoms with E-state index in [1.54, 1.807) is 7.11 Å². The molecule has 2 aromatic rings. The largest absolute Gasteiger partial charge is 0.493 e. The number of fused-ring (bicyclic) bond motifs is 1. The summed E-state index contributed by atoms with van der Waals surface area (Å²) in [5.41, 5.74) is 1.19. The van der Waals surface area contributed by atoms with Crippen LogP contribution in [0.1, 0.15) is 49.8 Å². The summed E-state index contributed by atoms with van der Waals surface area (Å²) in [7, 11) is 1.70. The van der Waals surface area contributed by atoms with Crippen LogP contribution in [0.4, 0.5) is 0 Å². The van der Waals surface area contributed by atoms with Gasteiger partial charge >= 0.3 is 0 Å². The van der Waals surface area contributed by atoms with E-state index in [-0.39, 0.29) is 6.10 Å². The average molecular weight is 386 g/mol. The van der Waals surface area contributed by atoms with Crippen LogP contribution in [0.25, 0.3) is 0 Å². The van der Waals surface area contributed by atoms with E-state index >= 15 is 0 Å². The van der Waals surface area contributed by atoms with Crippen LogP contribution in [0.5, 0.6) is 11.5 Å². The van der Waals surface area contributed by atoms with Crippen LogP contribution in [0.2, 0.25) is 0 Å². The number of hydrogen-bond acceptors (Lipinski definition) is 6. The van der Waals surface area contributed by atoms with Crippen molar-refractivity contribution in [3.05, 3.63) is 35.4 Å². The van der Waals surface area contributed by atoms with Gasteiger partial charge in [-0.25, -0.2) is 0 Å². The number of aromatic nitrogens is 3. The highest BCUT2D eigenvalue weighted by Crippen LogP contribution is 2.34. The number of likely N-dealkylation sites (tertiary alicyclic amines) is 1. The lowest BCUT2D eigenvalue weighted by Gasteiger charge is -2.32. The molecule has 152 valence electrons. The number of nitrogens with zero attached hydrogens (tertiary/aromatic N) is 4. The van der Waals surface area contributed by atoms with Crippen LogP contribution in [0, 0.1) is 0 Å². The smallest absolute Gasteiger partial charge is 0.166 e. The minimum absolute atomic E-state index is 0.120. The zero-order chi connectivity index (χ0) is 19.5. The lowest BCUT2D eigenvalue weighted by Crippen LogP contribution is -2.35. The molecule has 7 nitrogen and oxygen atoms in total. The topological polar surface area (TPSA) is 64.4 Å². The van der Waals surface area contributed by atoms with Gasteiger partial charge in [0.1, 0.15) is 11.6 Å². The molecule has 0 bridgehead atoms. The zero-order valence-electron chi connectivity index (χ0n) is 17.1. The summed E-state index contributed by atoms with van der Waals surface area (Å²) in [6.07, 6.45) is 2.36. The fourth-order valence-corrected chi connectivity index (χ4v) is 4.22. The molecule has 1 aromatic heterocycles. The maximum Gasteiger partial charge on any atom is 0.166 e. The van der Waals surface area contributed by atoms with Crippen molar-refractivity contribution >= 4 is 0 Å². The molecule has 0 saturated carbocycles. The molecule has 7 heteroatoms. The van der Waals surface area contributed by atoms with E-state index in [2.05, 4.69) is 44.9 Å². The molecule has 0 spiro atoms. The first-order valence-electron chi connectivity index (χ1n) is 10.3. The number of para-hydroxylation sites is 1. The molecule has 0 unspecified atom stereocenters. The quantitative estimate of drug-likeness (QED) is 0.825. The third-order valence-electron chi connectivity index (χ3n) is 5.63. The number of ether oxygens (including phenoxy) is 2. The van der Waals surface area contributed by atoms with Gasteiger partial charge in [0.25, 0.3) is 0 Å². The number of rotatable bonds is 6. The molecule has 0 amide bonds. The molecule has 1 aromatic carbocycles. The predicted molar refractivity (Wildman–Crippen MR) is 108 cm³/mol. The van der Waals surface area contributed by atoms with Gasteiger partial charge in [0.05, 0.1) is 19.8 Å². The molecular weight excluding hydrogens is 354 g/mol. The molecule has 1 fully saturated rings. The maximum atomic E-state index is 6.07. The Kier molecular flexibility index (Phi) is 5.82. The fourth-order valence-electron chi connectivity index (χ4n) is 4.22. The Balaban J connectivity index is 1.42. The lowest BCUT2D eigenvalue weighted by atomic mass is 9.95. The SMILES string of the molecule is COc1cccc(CN2CCC(c3nnc4n3CCNC4)CC2)c1OC(C)C. The third kappa shape index (κ3) is 4.00. The molecule has 28 heavy (non-hydrogen) atoms. The summed E-state index contributed by atoms with van der Waals surface area (Å²) >= 11 is 0. The highest BCUT2D eigenvalue weighted by molar-refractivity contribution is 5.46. The molecule has 4 rings (SSSR count). The van der Waals surface area contributed by atoms with Crippen LogP contribution >= 0.6 is 0 Å². The summed E-state index contributed by atoms with van der Waals surface area (Å²) in [5, 5.41) is 12.3. The Hall–Kier alpha value is -2.12. The maximum absolute atomic E-state index is 6.07. The van der Waals surface area contributed by atoms with Crippen molar-refractivity contribution < 1.29 is 9.47 Å². The molecule has 2 aliphatic rings. The molecule has 1 saturated heterocycles. The molecule has 2 aliphatic heterocycles. The Morgan fingerprint density at radius 2 is 2.00 bits per heavy atom. The van der Waals surface area contributed by atoms with E-state index in [1.165, 1.54) is 11.4 Å². The zero-order valence-corrected chi connectivity index (χ0v) is 17.1. The fraction of sp³-hybridized carbons (Fsp3) is 0.619. The Morgan fingerprint density at radius 1 is 1.18 bits per heavy atom. The van der Waals surface area contributed by atoms with Crippen LogP contribution in [0.3, 0.4) is 0 Å². The Bertz CT molecular complexity index is 796. The van der Waals surface area contributed by atoms with Gasteiger partial charge in [0.2, 0.25) is 0 Å². The minimum Gasteiger partial charge on any atom is -0.493 e. The van der Waals surface area contributed by atoms with Gasteiger partial charge < -0.3 is 19.4 Å². The summed E-state index contributed by atoms with van der Waals surface area (Å²) in [4.78, 5) is 2.51. The van der Waals surface area contributed by atoms with E-state index in [9.17, 15) is 0 Å². The molecular formula is C21H31N5O2. The standard InChI is InChI=1S/C21H31N5O2/c1-15(2)28-20-17(5-4-6-18(20)27-3)14-25-10-7-16(8-11-25)21-24-23-19-13-22-9-12-26(19)21/h4-6,15-16,22H,7-14H2,1-3H3. The van der Waals surface area contributed by atoms with Crippen molar-refractivity contribution in [1.29, 1.82) is 0 Å². The first kappa shape index (κ1) is 19.2. The second-order valence-electron chi connectivity index (χ2n) is 7.97. The van der Waals surface area contributed by atoms with Crippen molar-refractivity contribution in [2.75, 3.05) is 26.7 Å². The lowest BCUT2D eigenvalue weighted by molar-refractivity contribution is 0.189. The summed E-state index contributed by atoms with van der Waals surface area (Å²) in [5.74, 6) is 4.45. The summed E-state index contributed by atoms with van der Waals surface area (Å²) in [6.45, 7) is 9.93. The highest BCUT2D eigenvalue weighted by Gasteiger charge is 2.27. The van der Waals surface area contributed by atoms with Crippen molar-refractivity contribution in [3.8, 4) is 11.5 Å². The van der Waals surface area contributed by atoms with E-state index in [0.717, 1.165) is 69.4 Å². The summed E-state index contributed by atoms with van der Waals surface area (Å²) < 4.78 is 13.9. The highest BCUT2D eigenvalue weighted by atomic mass is 16.5. The normalized spacial score (nSPS) is 18.3. The van der Waals surface area contributed by atoms with Gasteiger partial charge in [-0.1, -0.05) is 12.1 Å². The van der Waals surface area contributed by atoms with Crippen LogP contribution < -0.4 is 14.8 Å². The van der Waals surface area contributed by atoms with Gasteiger partial charge in [-0.3, -0.25) is 4.90 Å². The van der Waals surface area contributed by atoms with Crippen LogP contribution in [-0.2, 0) is 19.6 Å². The molecule has 0 atom stereocenters. The van der Waals surface area contributed by atoms with Crippen molar-refractivity contribution in [3.63, 3.8) is 0 Å². The van der Waals surface area contributed by atoms with Gasteiger partial charge in [0, 0.05) is 31.1 Å². The number of benzene rings is 1. The van der Waals surface area contributed by atoms with Crippen molar-refractivity contribution in [2.45, 2.75) is 58.3 Å². The molecule has 0 radical (unpaired) electrons. The predicted octanol–water partition coefficient (Wildman–Crippen LogP) is 2.56. The molecule has 1 N–H and O–H groups in total. The van der Waals surface area contributed by atoms with Crippen LogP contribution in [0.15, 0.2) is 18.2 Å². The number of nitrogens with one attached hydrogen (secondary N) is 1. The Morgan fingerprint density at radius 3 is 2.75 bits per heavy atom. The third-order valence-corrected chi connectivity index (χ3v) is 5.63. The van der Waals surface area contributed by atoms with E-state index in [4.69, 9.17) is 9.47 Å². The monoisotopic (exact) mass is 385 g/mol. The Labute approximate surface area is 167 Å². The van der Waals surface area contributed by atoms with Crippen molar-refractivity contribution in [1.82, 2.24) is 25.0 Å². The van der Waals surface area contributed by atoms with Gasteiger partial charge in [0.15, 0.2) is 11.5 Å². The van der Waals surface area contributed by atoms with Gasteiger partial charge in [-0.2, -0.15) is 0 Å². The minimum atomic E-state index is 0.120. The van der Waals surface area contributed by atoms with E-state index < -0.39 is 0 Å². The first-order valence-corrected chi connectivity index (χ1v) is 10.3. The molecule has 3 heterocycles. The first-order chi connectivity index (χ1) is 13.7. The van der Waals surface area contributed by atoms with E-state index in [0.29, 0.717) is 5.92 Å². The van der Waals surface area contributed by atoms with Crippen molar-refractivity contribution in [2.24, 2.45) is 0 Å². The number of methoxy groups -OCH3 is 1. The van der Waals surface area contributed by atoms with Gasteiger partial charge in [-0.15, -0.1) is 10.2 Å². The number of piperidine rings is 1. The van der Waals surface area contributed by atoms with Gasteiger partial charge in [-0.05, 0) is 45.8 Å². The van der Waals surface area contributed by atoms with Crippen LogP contribution in [-0.4, -0.2) is 52.5 Å². The summed E-state index contributed by atoms with van der Waals surface area (Å²) in [6, 6.07) is 6.16. The number of hydrogen-bond donors (Lipinski definition) is 1. The molecule has 0 aliphatic carbocycles. The second kappa shape index (κ2) is 8.49.